The molecule has 0 radical (unpaired) electrons. The summed E-state index contributed by atoms with van der Waals surface area (Å²) in [6.45, 7) is 4.16. The minimum Gasteiger partial charge on any atom is -0.496 e. The Kier molecular flexibility index (Phi) is 3.42. The number of hydrogen-bond donors (Lipinski definition) is 0. The van der Waals surface area contributed by atoms with Gasteiger partial charge in [0.05, 0.1) is 12.7 Å². The zero-order valence-electron chi connectivity index (χ0n) is 10.3. The summed E-state index contributed by atoms with van der Waals surface area (Å²) in [6.07, 6.45) is 0.980. The molecular formula is C13H16N2O2. The Morgan fingerprint density at radius 3 is 2.82 bits per heavy atom. The topological polar surface area (TPSA) is 48.2 Å². The average molecular weight is 232 g/mol. The third-order valence-electron chi connectivity index (χ3n) is 2.82. The molecule has 17 heavy (non-hydrogen) atoms. The van der Waals surface area contributed by atoms with Crippen LogP contribution in [-0.4, -0.2) is 17.3 Å². The molecule has 90 valence electrons. The highest BCUT2D eigenvalue weighted by Crippen LogP contribution is 2.28. The zero-order valence-corrected chi connectivity index (χ0v) is 10.3. The van der Waals surface area contributed by atoms with Gasteiger partial charge in [0.25, 0.3) is 0 Å². The van der Waals surface area contributed by atoms with Crippen LogP contribution in [0, 0.1) is 0 Å². The van der Waals surface area contributed by atoms with E-state index in [9.17, 15) is 0 Å². The minimum absolute atomic E-state index is 0.283. The molecule has 0 fully saturated rings. The van der Waals surface area contributed by atoms with Crippen LogP contribution in [0.4, 0.5) is 0 Å². The summed E-state index contributed by atoms with van der Waals surface area (Å²) in [5.74, 6) is 2.29. The summed E-state index contributed by atoms with van der Waals surface area (Å²) >= 11 is 0. The van der Waals surface area contributed by atoms with Gasteiger partial charge in [0.2, 0.25) is 11.7 Å². The van der Waals surface area contributed by atoms with Crippen LogP contribution >= 0.6 is 0 Å². The minimum atomic E-state index is 0.283. The number of hydrogen-bond acceptors (Lipinski definition) is 4. The molecule has 0 aliphatic rings. The summed E-state index contributed by atoms with van der Waals surface area (Å²) in [7, 11) is 1.63. The van der Waals surface area contributed by atoms with Crippen molar-refractivity contribution in [3.63, 3.8) is 0 Å². The predicted molar refractivity (Wildman–Crippen MR) is 65.0 cm³/mol. The van der Waals surface area contributed by atoms with Crippen molar-refractivity contribution in [2.24, 2.45) is 0 Å². The van der Waals surface area contributed by atoms with Crippen molar-refractivity contribution in [1.82, 2.24) is 10.1 Å². The number of aromatic nitrogens is 2. The van der Waals surface area contributed by atoms with Gasteiger partial charge in [-0.15, -0.1) is 0 Å². The molecule has 4 heteroatoms. The highest BCUT2D eigenvalue weighted by atomic mass is 16.5. The van der Waals surface area contributed by atoms with Gasteiger partial charge in [-0.25, -0.2) is 0 Å². The Bertz CT molecular complexity index is 494. The molecule has 0 aliphatic carbocycles. The van der Waals surface area contributed by atoms with E-state index in [2.05, 4.69) is 24.0 Å². The van der Waals surface area contributed by atoms with Gasteiger partial charge in [-0.3, -0.25) is 0 Å². The Balaban J connectivity index is 2.37. The molecule has 0 saturated carbocycles. The highest BCUT2D eigenvalue weighted by Gasteiger charge is 2.15. The van der Waals surface area contributed by atoms with Gasteiger partial charge in [0, 0.05) is 5.92 Å². The predicted octanol–water partition coefficient (Wildman–Crippen LogP) is 3.26. The van der Waals surface area contributed by atoms with Crippen LogP contribution in [0.15, 0.2) is 28.8 Å². The van der Waals surface area contributed by atoms with Gasteiger partial charge < -0.3 is 9.26 Å². The van der Waals surface area contributed by atoms with Crippen molar-refractivity contribution in [3.8, 4) is 17.1 Å². The second kappa shape index (κ2) is 4.99. The van der Waals surface area contributed by atoms with Crippen LogP contribution in [0.5, 0.6) is 5.75 Å². The van der Waals surface area contributed by atoms with Crippen LogP contribution in [0.2, 0.25) is 0 Å². The van der Waals surface area contributed by atoms with E-state index in [1.165, 1.54) is 0 Å². The Morgan fingerprint density at radius 2 is 2.12 bits per heavy atom. The molecule has 1 aromatic heterocycles. The monoisotopic (exact) mass is 232 g/mol. The molecule has 0 aliphatic heterocycles. The third-order valence-corrected chi connectivity index (χ3v) is 2.82. The molecular weight excluding hydrogens is 216 g/mol. The number of methoxy groups -OCH3 is 1. The Labute approximate surface area is 101 Å². The maximum atomic E-state index is 5.27. The van der Waals surface area contributed by atoms with Crippen LogP contribution in [0.3, 0.4) is 0 Å². The van der Waals surface area contributed by atoms with Crippen molar-refractivity contribution in [2.45, 2.75) is 26.2 Å². The van der Waals surface area contributed by atoms with Crippen molar-refractivity contribution >= 4 is 0 Å². The van der Waals surface area contributed by atoms with Crippen LogP contribution in [0.1, 0.15) is 32.1 Å². The lowest BCUT2D eigenvalue weighted by Gasteiger charge is -2.03. The van der Waals surface area contributed by atoms with E-state index in [0.717, 1.165) is 17.7 Å². The van der Waals surface area contributed by atoms with E-state index >= 15 is 0 Å². The fraction of sp³-hybridized carbons (Fsp3) is 0.385. The number of para-hydroxylation sites is 1. The zero-order chi connectivity index (χ0) is 12.3. The average Bonchev–Trinajstić information content (AvgIpc) is 2.87. The molecule has 4 nitrogen and oxygen atoms in total. The fourth-order valence-corrected chi connectivity index (χ4v) is 1.55. The van der Waals surface area contributed by atoms with Gasteiger partial charge in [-0.05, 0) is 18.6 Å². The van der Waals surface area contributed by atoms with E-state index in [1.54, 1.807) is 7.11 Å². The van der Waals surface area contributed by atoms with Gasteiger partial charge in [0.15, 0.2) is 0 Å². The second-order valence-corrected chi connectivity index (χ2v) is 3.97. The molecule has 2 aromatic rings. The number of ether oxygens (including phenoxy) is 1. The maximum Gasteiger partial charge on any atom is 0.229 e. The molecule has 1 atom stereocenters. The molecule has 1 heterocycles. The number of nitrogens with zero attached hydrogens (tertiary/aromatic N) is 2. The van der Waals surface area contributed by atoms with Crippen molar-refractivity contribution < 1.29 is 9.26 Å². The molecule has 1 aromatic carbocycles. The van der Waals surface area contributed by atoms with Gasteiger partial charge in [0.1, 0.15) is 5.75 Å². The lowest BCUT2D eigenvalue weighted by atomic mass is 10.1. The number of rotatable bonds is 4. The molecule has 2 rings (SSSR count). The quantitative estimate of drug-likeness (QED) is 0.811. The Morgan fingerprint density at radius 1 is 1.35 bits per heavy atom. The first-order chi connectivity index (χ1) is 8.26. The van der Waals surface area contributed by atoms with Gasteiger partial charge >= 0.3 is 0 Å². The molecule has 0 N–H and O–H groups in total. The summed E-state index contributed by atoms with van der Waals surface area (Å²) in [5, 5.41) is 4.00. The molecule has 1 unspecified atom stereocenters. The van der Waals surface area contributed by atoms with Crippen molar-refractivity contribution in [2.75, 3.05) is 7.11 Å². The van der Waals surface area contributed by atoms with E-state index in [-0.39, 0.29) is 5.92 Å². The summed E-state index contributed by atoms with van der Waals surface area (Å²) in [6, 6.07) is 7.65. The maximum absolute atomic E-state index is 5.27. The second-order valence-electron chi connectivity index (χ2n) is 3.97. The van der Waals surface area contributed by atoms with Gasteiger partial charge in [-0.2, -0.15) is 4.98 Å². The standard InChI is InChI=1S/C13H16N2O2/c1-4-9(2)13-14-12(15-17-13)10-7-5-6-8-11(10)16-3/h5-9H,4H2,1-3H3. The van der Waals surface area contributed by atoms with E-state index in [0.29, 0.717) is 11.7 Å². The normalized spacial score (nSPS) is 12.4. The van der Waals surface area contributed by atoms with Crippen LogP contribution < -0.4 is 4.74 Å². The first kappa shape index (κ1) is 11.6. The fourth-order valence-electron chi connectivity index (χ4n) is 1.55. The van der Waals surface area contributed by atoms with Crippen LogP contribution in [0.25, 0.3) is 11.4 Å². The van der Waals surface area contributed by atoms with Crippen LogP contribution in [-0.2, 0) is 0 Å². The van der Waals surface area contributed by atoms with Crippen molar-refractivity contribution in [3.05, 3.63) is 30.2 Å². The van der Waals surface area contributed by atoms with E-state index in [4.69, 9.17) is 9.26 Å². The third kappa shape index (κ3) is 2.30. The highest BCUT2D eigenvalue weighted by molar-refractivity contribution is 5.63. The SMILES string of the molecule is CCC(C)c1nc(-c2ccccc2OC)no1. The summed E-state index contributed by atoms with van der Waals surface area (Å²) in [5.41, 5.74) is 0.855. The first-order valence-corrected chi connectivity index (χ1v) is 5.73. The van der Waals surface area contributed by atoms with Gasteiger partial charge in [-0.1, -0.05) is 31.1 Å². The molecule has 0 bridgehead atoms. The first-order valence-electron chi connectivity index (χ1n) is 5.73. The lowest BCUT2D eigenvalue weighted by Crippen LogP contribution is -1.92. The van der Waals surface area contributed by atoms with Crippen molar-refractivity contribution in [1.29, 1.82) is 0 Å². The summed E-state index contributed by atoms with van der Waals surface area (Å²) < 4.78 is 10.5. The Hall–Kier alpha value is -1.84. The smallest absolute Gasteiger partial charge is 0.229 e. The molecule has 0 amide bonds. The largest absolute Gasteiger partial charge is 0.496 e. The molecule has 0 saturated heterocycles. The summed E-state index contributed by atoms with van der Waals surface area (Å²) in [4.78, 5) is 4.40. The van der Waals surface area contributed by atoms with E-state index in [1.807, 2.05) is 24.3 Å². The van der Waals surface area contributed by atoms with E-state index < -0.39 is 0 Å². The number of benzene rings is 1. The molecule has 0 spiro atoms. The lowest BCUT2D eigenvalue weighted by molar-refractivity contribution is 0.356.